The summed E-state index contributed by atoms with van der Waals surface area (Å²) in [5.74, 6) is -0.460. The van der Waals surface area contributed by atoms with Gasteiger partial charge in [0.2, 0.25) is 11.8 Å². The molecule has 6 heteroatoms. The molecule has 2 amide bonds. The Hall–Kier alpha value is -1.85. The largest absolute Gasteiger partial charge is 0.365 e. The number of halogens is 1. The van der Waals surface area contributed by atoms with Crippen molar-refractivity contribution in [2.45, 2.75) is 25.5 Å². The fourth-order valence-electron chi connectivity index (χ4n) is 2.30. The number of hydrogen-bond donors (Lipinski definition) is 1. The number of amides is 2. The molecule has 1 fully saturated rings. The SMILES string of the molecule is C=CCO[C@H](C)C(=O)N[C@@H]1CCN(c2ccccc2Cl)C1=O. The highest BCUT2D eigenvalue weighted by atomic mass is 35.5. The Bertz CT molecular complexity index is 576. The van der Waals surface area contributed by atoms with E-state index in [4.69, 9.17) is 16.3 Å². The van der Waals surface area contributed by atoms with Crippen LogP contribution in [-0.2, 0) is 14.3 Å². The summed E-state index contributed by atoms with van der Waals surface area (Å²) in [6, 6.07) is 6.62. The Morgan fingerprint density at radius 1 is 1.59 bits per heavy atom. The highest BCUT2D eigenvalue weighted by Crippen LogP contribution is 2.28. The summed E-state index contributed by atoms with van der Waals surface area (Å²) in [5.41, 5.74) is 0.668. The van der Waals surface area contributed by atoms with Gasteiger partial charge in [-0.25, -0.2) is 0 Å². The van der Waals surface area contributed by atoms with Crippen LogP contribution in [0.4, 0.5) is 5.69 Å². The second-order valence-electron chi connectivity index (χ2n) is 5.06. The minimum Gasteiger partial charge on any atom is -0.365 e. The zero-order chi connectivity index (χ0) is 16.1. The van der Waals surface area contributed by atoms with E-state index in [-0.39, 0.29) is 11.8 Å². The number of nitrogens with zero attached hydrogens (tertiary/aromatic N) is 1. The fourth-order valence-corrected chi connectivity index (χ4v) is 2.54. The van der Waals surface area contributed by atoms with E-state index in [9.17, 15) is 9.59 Å². The highest BCUT2D eigenvalue weighted by molar-refractivity contribution is 6.34. The Balaban J connectivity index is 1.98. The second kappa shape index (κ2) is 7.42. The number of hydrogen-bond acceptors (Lipinski definition) is 3. The van der Waals surface area contributed by atoms with E-state index in [1.54, 1.807) is 30.0 Å². The van der Waals surface area contributed by atoms with Crippen molar-refractivity contribution in [2.24, 2.45) is 0 Å². The van der Waals surface area contributed by atoms with E-state index < -0.39 is 12.1 Å². The summed E-state index contributed by atoms with van der Waals surface area (Å²) in [6.45, 7) is 5.99. The van der Waals surface area contributed by atoms with Gasteiger partial charge in [-0.2, -0.15) is 0 Å². The molecule has 0 aliphatic carbocycles. The monoisotopic (exact) mass is 322 g/mol. The number of benzene rings is 1. The van der Waals surface area contributed by atoms with Gasteiger partial charge < -0.3 is 15.0 Å². The van der Waals surface area contributed by atoms with E-state index in [0.29, 0.717) is 30.3 Å². The van der Waals surface area contributed by atoms with Crippen molar-refractivity contribution in [3.63, 3.8) is 0 Å². The molecule has 0 saturated carbocycles. The number of carbonyl (C=O) groups is 2. The number of anilines is 1. The van der Waals surface area contributed by atoms with E-state index in [0.717, 1.165) is 0 Å². The zero-order valence-electron chi connectivity index (χ0n) is 12.4. The number of ether oxygens (including phenoxy) is 1. The van der Waals surface area contributed by atoms with Gasteiger partial charge in [-0.3, -0.25) is 9.59 Å². The molecule has 22 heavy (non-hydrogen) atoms. The predicted octanol–water partition coefficient (Wildman–Crippen LogP) is 2.15. The molecule has 2 rings (SSSR count). The number of rotatable bonds is 6. The quantitative estimate of drug-likeness (QED) is 0.816. The lowest BCUT2D eigenvalue weighted by Crippen LogP contribution is -2.45. The lowest BCUT2D eigenvalue weighted by molar-refractivity contribution is -0.134. The van der Waals surface area contributed by atoms with Crippen LogP contribution in [0.3, 0.4) is 0 Å². The first-order valence-electron chi connectivity index (χ1n) is 7.13. The first-order valence-corrected chi connectivity index (χ1v) is 7.51. The summed E-state index contributed by atoms with van der Waals surface area (Å²) in [7, 11) is 0. The van der Waals surface area contributed by atoms with Crippen molar-refractivity contribution in [3.8, 4) is 0 Å². The predicted molar refractivity (Wildman–Crippen MR) is 86.0 cm³/mol. The minimum absolute atomic E-state index is 0.155. The summed E-state index contributed by atoms with van der Waals surface area (Å²) < 4.78 is 5.25. The lowest BCUT2D eigenvalue weighted by Gasteiger charge is -2.19. The van der Waals surface area contributed by atoms with Gasteiger partial charge in [-0.1, -0.05) is 29.8 Å². The standard InChI is InChI=1S/C16H19ClN2O3/c1-3-10-22-11(2)15(20)18-13-8-9-19(16(13)21)14-7-5-4-6-12(14)17/h3-7,11,13H,1,8-10H2,2H3,(H,18,20)/t11-,13-/m1/s1. The van der Waals surface area contributed by atoms with Crippen LogP contribution in [0.2, 0.25) is 5.02 Å². The van der Waals surface area contributed by atoms with Crippen LogP contribution in [0.1, 0.15) is 13.3 Å². The van der Waals surface area contributed by atoms with E-state index in [2.05, 4.69) is 11.9 Å². The van der Waals surface area contributed by atoms with Crippen LogP contribution in [0.15, 0.2) is 36.9 Å². The molecule has 1 N–H and O–H groups in total. The molecular weight excluding hydrogens is 304 g/mol. The molecule has 0 unspecified atom stereocenters. The molecule has 0 spiro atoms. The third kappa shape index (κ3) is 3.67. The normalized spacial score (nSPS) is 19.1. The van der Waals surface area contributed by atoms with Crippen LogP contribution in [-0.4, -0.2) is 37.1 Å². The average Bonchev–Trinajstić information content (AvgIpc) is 2.86. The molecule has 0 radical (unpaired) electrons. The van der Waals surface area contributed by atoms with Crippen LogP contribution in [0, 0.1) is 0 Å². The molecule has 1 aromatic rings. The topological polar surface area (TPSA) is 58.6 Å². The Kier molecular flexibility index (Phi) is 5.57. The third-order valence-electron chi connectivity index (χ3n) is 3.50. The van der Waals surface area contributed by atoms with Gasteiger partial charge in [0.1, 0.15) is 12.1 Å². The van der Waals surface area contributed by atoms with Crippen LogP contribution < -0.4 is 10.2 Å². The van der Waals surface area contributed by atoms with Gasteiger partial charge in [-0.15, -0.1) is 6.58 Å². The van der Waals surface area contributed by atoms with Crippen molar-refractivity contribution in [1.82, 2.24) is 5.32 Å². The Labute approximate surface area is 134 Å². The van der Waals surface area contributed by atoms with Crippen molar-refractivity contribution in [2.75, 3.05) is 18.1 Å². The molecule has 1 saturated heterocycles. The van der Waals surface area contributed by atoms with Gasteiger partial charge >= 0.3 is 0 Å². The molecule has 1 aliphatic rings. The summed E-state index contributed by atoms with van der Waals surface area (Å²) >= 11 is 6.12. The smallest absolute Gasteiger partial charge is 0.249 e. The van der Waals surface area contributed by atoms with Gasteiger partial charge in [0.15, 0.2) is 0 Å². The first kappa shape index (κ1) is 16.5. The van der Waals surface area contributed by atoms with E-state index in [1.165, 1.54) is 0 Å². The molecule has 1 heterocycles. The maximum atomic E-state index is 12.4. The molecule has 5 nitrogen and oxygen atoms in total. The van der Waals surface area contributed by atoms with Crippen molar-refractivity contribution in [1.29, 1.82) is 0 Å². The van der Waals surface area contributed by atoms with Gasteiger partial charge in [0.25, 0.3) is 0 Å². The van der Waals surface area contributed by atoms with Crippen molar-refractivity contribution < 1.29 is 14.3 Å². The summed E-state index contributed by atoms with van der Waals surface area (Å²) in [5, 5.41) is 3.24. The number of nitrogens with one attached hydrogen (secondary N) is 1. The molecule has 0 bridgehead atoms. The average molecular weight is 323 g/mol. The molecular formula is C16H19ClN2O3. The number of carbonyl (C=O) groups excluding carboxylic acids is 2. The van der Waals surface area contributed by atoms with E-state index in [1.807, 2.05) is 12.1 Å². The molecule has 2 atom stereocenters. The third-order valence-corrected chi connectivity index (χ3v) is 3.82. The molecule has 1 aromatic carbocycles. The van der Waals surface area contributed by atoms with Crippen molar-refractivity contribution in [3.05, 3.63) is 41.9 Å². The van der Waals surface area contributed by atoms with Crippen LogP contribution >= 0.6 is 11.6 Å². The minimum atomic E-state index is -0.625. The van der Waals surface area contributed by atoms with Crippen molar-refractivity contribution >= 4 is 29.1 Å². The number of para-hydroxylation sites is 1. The maximum Gasteiger partial charge on any atom is 0.249 e. The van der Waals surface area contributed by atoms with Crippen LogP contribution in [0.25, 0.3) is 0 Å². The Morgan fingerprint density at radius 2 is 2.32 bits per heavy atom. The van der Waals surface area contributed by atoms with Gasteiger partial charge in [0.05, 0.1) is 17.3 Å². The van der Waals surface area contributed by atoms with E-state index >= 15 is 0 Å². The Morgan fingerprint density at radius 3 is 3.00 bits per heavy atom. The van der Waals surface area contributed by atoms with Gasteiger partial charge in [0, 0.05) is 6.54 Å². The molecule has 1 aliphatic heterocycles. The molecule has 118 valence electrons. The van der Waals surface area contributed by atoms with Gasteiger partial charge in [-0.05, 0) is 25.5 Å². The highest BCUT2D eigenvalue weighted by Gasteiger charge is 2.35. The summed E-state index contributed by atoms with van der Waals surface area (Å²) in [4.78, 5) is 26.0. The second-order valence-corrected chi connectivity index (χ2v) is 5.46. The zero-order valence-corrected chi connectivity index (χ0v) is 13.2. The first-order chi connectivity index (χ1) is 10.5. The summed E-state index contributed by atoms with van der Waals surface area (Å²) in [6.07, 6.45) is 1.49. The maximum absolute atomic E-state index is 12.4. The fraction of sp³-hybridized carbons (Fsp3) is 0.375. The lowest BCUT2D eigenvalue weighted by atomic mass is 10.2. The molecule has 0 aromatic heterocycles. The van der Waals surface area contributed by atoms with Crippen LogP contribution in [0.5, 0.6) is 0 Å².